The van der Waals surface area contributed by atoms with Gasteiger partial charge in [0.2, 0.25) is 5.58 Å². The summed E-state index contributed by atoms with van der Waals surface area (Å²) < 4.78 is 15.4. The van der Waals surface area contributed by atoms with Crippen LogP contribution in [0.15, 0.2) is 10.5 Å². The van der Waals surface area contributed by atoms with Crippen molar-refractivity contribution >= 4 is 11.1 Å². The average Bonchev–Trinajstić information content (AvgIpc) is 2.56. The molecule has 0 radical (unpaired) electrons. The summed E-state index contributed by atoms with van der Waals surface area (Å²) in [5, 5.41) is 0. The molecule has 0 aromatic carbocycles. The number of ether oxygens (including phenoxy) is 2. The van der Waals surface area contributed by atoms with Crippen LogP contribution in [0.3, 0.4) is 0 Å². The van der Waals surface area contributed by atoms with E-state index in [1.165, 1.54) is 14.2 Å². The molecule has 0 fully saturated rings. The molecular weight excluding hydrogens is 184 g/mol. The fraction of sp³-hybridized carbons (Fsp3) is 0.333. The number of hydrogen-bond acceptors (Lipinski definition) is 5. The number of furan rings is 1. The minimum absolute atomic E-state index is 0.273. The molecule has 2 heterocycles. The number of fused-ring (bicyclic) bond motifs is 1. The van der Waals surface area contributed by atoms with Crippen LogP contribution in [-0.2, 0) is 0 Å². The number of nitrogens with zero attached hydrogens (tertiary/aromatic N) is 2. The van der Waals surface area contributed by atoms with Crippen molar-refractivity contribution in [1.29, 1.82) is 0 Å². The van der Waals surface area contributed by atoms with Gasteiger partial charge in [0.05, 0.1) is 14.2 Å². The number of methoxy groups -OCH3 is 2. The summed E-state index contributed by atoms with van der Waals surface area (Å²) in [5.41, 5.74) is 1.23. The third-order valence-electron chi connectivity index (χ3n) is 1.82. The second-order valence-electron chi connectivity index (χ2n) is 2.79. The highest BCUT2D eigenvalue weighted by Gasteiger charge is 2.12. The zero-order chi connectivity index (χ0) is 10.1. The molecule has 0 aliphatic carbocycles. The van der Waals surface area contributed by atoms with Gasteiger partial charge < -0.3 is 13.9 Å². The van der Waals surface area contributed by atoms with Crippen molar-refractivity contribution < 1.29 is 13.9 Å². The summed E-state index contributed by atoms with van der Waals surface area (Å²) in [4.78, 5) is 8.12. The Labute approximate surface area is 80.7 Å². The smallest absolute Gasteiger partial charge is 0.320 e. The van der Waals surface area contributed by atoms with Gasteiger partial charge in [0.1, 0.15) is 11.3 Å². The third kappa shape index (κ3) is 1.26. The second kappa shape index (κ2) is 3.17. The zero-order valence-corrected chi connectivity index (χ0v) is 8.20. The Morgan fingerprint density at radius 1 is 1.21 bits per heavy atom. The van der Waals surface area contributed by atoms with Crippen LogP contribution in [-0.4, -0.2) is 24.2 Å². The fourth-order valence-corrected chi connectivity index (χ4v) is 1.23. The van der Waals surface area contributed by atoms with E-state index >= 15 is 0 Å². The maximum atomic E-state index is 5.38. The normalized spacial score (nSPS) is 10.5. The predicted octanol–water partition coefficient (Wildman–Crippen LogP) is 1.55. The average molecular weight is 194 g/mol. The molecule has 0 amide bonds. The summed E-state index contributed by atoms with van der Waals surface area (Å²) in [6, 6.07) is 2.08. The van der Waals surface area contributed by atoms with Crippen molar-refractivity contribution in [2.75, 3.05) is 14.2 Å². The van der Waals surface area contributed by atoms with Crippen LogP contribution in [0, 0.1) is 6.92 Å². The minimum Gasteiger partial charge on any atom is -0.478 e. The lowest BCUT2D eigenvalue weighted by molar-refractivity contribution is 0.352. The molecule has 0 atom stereocenters. The van der Waals surface area contributed by atoms with E-state index in [4.69, 9.17) is 13.9 Å². The molecule has 0 saturated heterocycles. The highest BCUT2D eigenvalue weighted by Crippen LogP contribution is 2.26. The SMILES string of the molecule is COc1nc(OC)c2oc(C)cc2n1. The van der Waals surface area contributed by atoms with Crippen molar-refractivity contribution in [1.82, 2.24) is 9.97 Å². The Balaban J connectivity index is 2.72. The van der Waals surface area contributed by atoms with Gasteiger partial charge in [-0.05, 0) is 6.92 Å². The lowest BCUT2D eigenvalue weighted by Gasteiger charge is -2.01. The lowest BCUT2D eigenvalue weighted by atomic mass is 10.4. The van der Waals surface area contributed by atoms with Crippen LogP contribution < -0.4 is 9.47 Å². The Morgan fingerprint density at radius 3 is 2.64 bits per heavy atom. The zero-order valence-electron chi connectivity index (χ0n) is 8.20. The Hall–Kier alpha value is -1.78. The monoisotopic (exact) mass is 194 g/mol. The summed E-state index contributed by atoms with van der Waals surface area (Å²) in [7, 11) is 3.03. The van der Waals surface area contributed by atoms with E-state index in [0.717, 1.165) is 5.76 Å². The van der Waals surface area contributed by atoms with Crippen molar-refractivity contribution in [3.63, 3.8) is 0 Å². The van der Waals surface area contributed by atoms with Gasteiger partial charge in [-0.1, -0.05) is 0 Å². The first-order chi connectivity index (χ1) is 6.74. The van der Waals surface area contributed by atoms with E-state index < -0.39 is 0 Å². The number of rotatable bonds is 2. The van der Waals surface area contributed by atoms with Gasteiger partial charge in [0.25, 0.3) is 5.88 Å². The van der Waals surface area contributed by atoms with E-state index in [9.17, 15) is 0 Å². The molecule has 0 unspecified atom stereocenters. The van der Waals surface area contributed by atoms with Gasteiger partial charge in [-0.25, -0.2) is 0 Å². The van der Waals surface area contributed by atoms with E-state index in [1.54, 1.807) is 0 Å². The van der Waals surface area contributed by atoms with E-state index in [-0.39, 0.29) is 6.01 Å². The first kappa shape index (κ1) is 8.80. The van der Waals surface area contributed by atoms with Gasteiger partial charge in [0, 0.05) is 6.07 Å². The van der Waals surface area contributed by atoms with E-state index in [2.05, 4.69) is 9.97 Å². The van der Waals surface area contributed by atoms with Crippen molar-refractivity contribution in [2.45, 2.75) is 6.92 Å². The topological polar surface area (TPSA) is 57.4 Å². The predicted molar refractivity (Wildman–Crippen MR) is 49.6 cm³/mol. The van der Waals surface area contributed by atoms with Crippen LogP contribution in [0.5, 0.6) is 11.9 Å². The van der Waals surface area contributed by atoms with Crippen molar-refractivity contribution in [3.05, 3.63) is 11.8 Å². The molecule has 0 spiro atoms. The minimum atomic E-state index is 0.273. The van der Waals surface area contributed by atoms with Crippen molar-refractivity contribution in [3.8, 4) is 11.9 Å². The second-order valence-corrected chi connectivity index (χ2v) is 2.79. The number of aryl methyl sites for hydroxylation is 1. The summed E-state index contributed by atoms with van der Waals surface area (Å²) in [5.74, 6) is 1.15. The molecule has 2 aromatic rings. The molecule has 2 rings (SSSR count). The van der Waals surface area contributed by atoms with Crippen LogP contribution in [0.2, 0.25) is 0 Å². The molecule has 0 aliphatic rings. The molecule has 14 heavy (non-hydrogen) atoms. The lowest BCUT2D eigenvalue weighted by Crippen LogP contribution is -1.95. The van der Waals surface area contributed by atoms with E-state index in [1.807, 2.05) is 13.0 Å². The van der Waals surface area contributed by atoms with Gasteiger partial charge >= 0.3 is 6.01 Å². The van der Waals surface area contributed by atoms with Gasteiger partial charge in [-0.15, -0.1) is 0 Å². The molecule has 74 valence electrons. The Bertz CT molecular complexity index is 464. The molecule has 0 saturated carbocycles. The first-order valence-corrected chi connectivity index (χ1v) is 4.10. The molecule has 5 heteroatoms. The first-order valence-electron chi connectivity index (χ1n) is 4.10. The highest BCUT2D eigenvalue weighted by atomic mass is 16.5. The van der Waals surface area contributed by atoms with Crippen LogP contribution >= 0.6 is 0 Å². The standard InChI is InChI=1S/C9H10N2O3/c1-5-4-6-7(14-5)8(12-2)11-9(10-6)13-3/h4H,1-3H3. The Morgan fingerprint density at radius 2 is 2.00 bits per heavy atom. The molecule has 0 bridgehead atoms. The molecular formula is C9H10N2O3. The quantitative estimate of drug-likeness (QED) is 0.725. The fourth-order valence-electron chi connectivity index (χ4n) is 1.23. The van der Waals surface area contributed by atoms with Crippen molar-refractivity contribution in [2.24, 2.45) is 0 Å². The molecule has 0 aliphatic heterocycles. The summed E-state index contributed by atoms with van der Waals surface area (Å²) in [6.07, 6.45) is 0. The highest BCUT2D eigenvalue weighted by molar-refractivity contribution is 5.78. The third-order valence-corrected chi connectivity index (χ3v) is 1.82. The van der Waals surface area contributed by atoms with Gasteiger partial charge in [-0.3, -0.25) is 0 Å². The maximum Gasteiger partial charge on any atom is 0.320 e. The number of hydrogen-bond donors (Lipinski definition) is 0. The largest absolute Gasteiger partial charge is 0.478 e. The summed E-state index contributed by atoms with van der Waals surface area (Å²) >= 11 is 0. The van der Waals surface area contributed by atoms with Crippen LogP contribution in [0.1, 0.15) is 5.76 Å². The van der Waals surface area contributed by atoms with Crippen LogP contribution in [0.25, 0.3) is 11.1 Å². The van der Waals surface area contributed by atoms with Gasteiger partial charge in [0.15, 0.2) is 0 Å². The van der Waals surface area contributed by atoms with Gasteiger partial charge in [-0.2, -0.15) is 9.97 Å². The number of aromatic nitrogens is 2. The summed E-state index contributed by atoms with van der Waals surface area (Å²) in [6.45, 7) is 1.84. The maximum absolute atomic E-state index is 5.38. The Kier molecular flexibility index (Phi) is 1.99. The molecule has 5 nitrogen and oxygen atoms in total. The molecule has 2 aromatic heterocycles. The molecule has 0 N–H and O–H groups in total. The van der Waals surface area contributed by atoms with Crippen LogP contribution in [0.4, 0.5) is 0 Å². The van der Waals surface area contributed by atoms with E-state index in [0.29, 0.717) is 17.0 Å².